The number of hydrogen-bond donors (Lipinski definition) is 1. The van der Waals surface area contributed by atoms with Crippen LogP contribution >= 0.6 is 34.5 Å². The van der Waals surface area contributed by atoms with Crippen LogP contribution in [-0.2, 0) is 25.7 Å². The van der Waals surface area contributed by atoms with Gasteiger partial charge >= 0.3 is 0 Å². The first kappa shape index (κ1) is 32.5. The molecule has 4 amide bonds. The fraction of sp³-hybridized carbons (Fsp3) is 0.312. The van der Waals surface area contributed by atoms with Crippen molar-refractivity contribution in [3.8, 4) is 11.5 Å². The van der Waals surface area contributed by atoms with Crippen molar-refractivity contribution in [2.24, 2.45) is 17.8 Å². The molecule has 7 rings (SSSR count). The number of phenols is 1. The molecular weight excluding hydrogens is 706 g/mol. The van der Waals surface area contributed by atoms with Gasteiger partial charge in [-0.05, 0) is 47.9 Å². The number of hydrogen-bond acceptors (Lipinski definition) is 7. The van der Waals surface area contributed by atoms with E-state index in [1.807, 2.05) is 0 Å². The van der Waals surface area contributed by atoms with E-state index < -0.39 is 104 Å². The van der Waals surface area contributed by atoms with Gasteiger partial charge in [-0.1, -0.05) is 23.8 Å². The second-order valence-electron chi connectivity index (χ2n) is 12.0. The Morgan fingerprint density at radius 2 is 1.60 bits per heavy atom. The van der Waals surface area contributed by atoms with Gasteiger partial charge in [0.15, 0.2) is 44.5 Å². The molecule has 2 aliphatic heterocycles. The Morgan fingerprint density at radius 1 is 0.938 bits per heavy atom. The molecule has 8 nitrogen and oxygen atoms in total. The molecule has 1 N–H and O–H groups in total. The number of carbonyl (C=O) groups excluding carboxylic acids is 4. The Bertz CT molecular complexity index is 1970. The van der Waals surface area contributed by atoms with Gasteiger partial charge < -0.3 is 9.84 Å². The van der Waals surface area contributed by atoms with Gasteiger partial charge in [0.25, 0.3) is 11.8 Å². The number of fused-ring (bicyclic) bond motifs is 4. The Labute approximate surface area is 282 Å². The first-order valence-corrected chi connectivity index (χ1v) is 16.0. The number of methoxy groups -OCH3 is 1. The smallest absolute Gasteiger partial charge is 0.258 e. The molecule has 3 heterocycles. The number of nitrogens with zero attached hydrogens (tertiary/aromatic N) is 2. The number of imide groups is 2. The molecule has 4 aliphatic rings. The third-order valence-corrected chi connectivity index (χ3v) is 12.0. The zero-order valence-electron chi connectivity index (χ0n) is 24.4. The molecule has 3 aromatic rings. The highest BCUT2D eigenvalue weighted by Gasteiger charge is 2.77. The van der Waals surface area contributed by atoms with Crippen LogP contribution in [-0.4, -0.2) is 50.5 Å². The third-order valence-electron chi connectivity index (χ3n) is 9.74. The molecule has 0 radical (unpaired) electrons. The number of ether oxygens (including phenoxy) is 1. The summed E-state index contributed by atoms with van der Waals surface area (Å²) in [6.07, 6.45) is 0.968. The average Bonchev–Trinajstić information content (AvgIpc) is 3.70. The van der Waals surface area contributed by atoms with E-state index in [9.17, 15) is 37.5 Å². The van der Waals surface area contributed by atoms with E-state index in [0.717, 1.165) is 15.8 Å². The highest BCUT2D eigenvalue weighted by Crippen LogP contribution is 2.66. The number of amides is 4. The lowest BCUT2D eigenvalue weighted by Crippen LogP contribution is -2.60. The SMILES string of the molecule is COc1ccc(C2C3=CCC4C(=O)N(Cc5cccs5)C(=O)C4C3CC3(Cl)C(=O)N(c4c(F)c(F)c(F)c(F)c4F)C(=O)C23Cl)cc1O. The van der Waals surface area contributed by atoms with Crippen LogP contribution in [0, 0.1) is 46.8 Å². The fourth-order valence-electron chi connectivity index (χ4n) is 7.61. The molecule has 1 aromatic heterocycles. The number of alkyl halides is 2. The largest absolute Gasteiger partial charge is 0.504 e. The quantitative estimate of drug-likeness (QED) is 0.0875. The molecule has 3 fully saturated rings. The minimum Gasteiger partial charge on any atom is -0.504 e. The van der Waals surface area contributed by atoms with Crippen molar-refractivity contribution in [2.75, 3.05) is 12.0 Å². The molecule has 250 valence electrons. The summed E-state index contributed by atoms with van der Waals surface area (Å²) in [5.74, 6) is -21.5. The summed E-state index contributed by atoms with van der Waals surface area (Å²) in [5, 5.41) is 12.5. The minimum atomic E-state index is -2.69. The van der Waals surface area contributed by atoms with E-state index in [-0.39, 0.29) is 34.8 Å². The summed E-state index contributed by atoms with van der Waals surface area (Å²) < 4.78 is 78.1. The van der Waals surface area contributed by atoms with E-state index >= 15 is 8.78 Å². The number of allylic oxidation sites excluding steroid dienone is 2. The molecule has 48 heavy (non-hydrogen) atoms. The fourth-order valence-corrected chi connectivity index (χ4v) is 9.23. The first-order valence-electron chi connectivity index (χ1n) is 14.4. The van der Waals surface area contributed by atoms with Crippen LogP contribution in [0.25, 0.3) is 0 Å². The summed E-state index contributed by atoms with van der Waals surface area (Å²) in [6.45, 7) is -0.0168. The lowest BCUT2D eigenvalue weighted by atomic mass is 9.56. The Balaban J connectivity index is 1.42. The van der Waals surface area contributed by atoms with Crippen LogP contribution in [0.1, 0.15) is 29.2 Å². The van der Waals surface area contributed by atoms with Gasteiger partial charge in [0.05, 0.1) is 25.5 Å². The predicted molar refractivity (Wildman–Crippen MR) is 161 cm³/mol. The van der Waals surface area contributed by atoms with Crippen LogP contribution in [0.15, 0.2) is 47.4 Å². The number of likely N-dealkylation sites (tertiary alicyclic amines) is 1. The van der Waals surface area contributed by atoms with Gasteiger partial charge in [0.2, 0.25) is 17.6 Å². The van der Waals surface area contributed by atoms with Crippen LogP contribution < -0.4 is 9.64 Å². The molecule has 2 aromatic carbocycles. The highest BCUT2D eigenvalue weighted by atomic mass is 35.5. The maximum Gasteiger partial charge on any atom is 0.258 e. The van der Waals surface area contributed by atoms with E-state index in [4.69, 9.17) is 27.9 Å². The zero-order valence-corrected chi connectivity index (χ0v) is 26.7. The van der Waals surface area contributed by atoms with Crippen molar-refractivity contribution >= 4 is 63.9 Å². The van der Waals surface area contributed by atoms with Gasteiger partial charge in [0, 0.05) is 10.8 Å². The van der Waals surface area contributed by atoms with Gasteiger partial charge in [-0.2, -0.15) is 0 Å². The van der Waals surface area contributed by atoms with Crippen molar-refractivity contribution in [1.82, 2.24) is 4.90 Å². The normalized spacial score (nSPS) is 29.6. The van der Waals surface area contributed by atoms with Crippen molar-refractivity contribution in [3.05, 3.63) is 86.9 Å². The average molecular weight is 727 g/mol. The maximum absolute atomic E-state index is 15.2. The number of aromatic hydroxyl groups is 1. The topological polar surface area (TPSA) is 104 Å². The van der Waals surface area contributed by atoms with Gasteiger partial charge in [-0.25, -0.2) is 26.9 Å². The van der Waals surface area contributed by atoms with E-state index in [0.29, 0.717) is 0 Å². The Morgan fingerprint density at radius 3 is 2.21 bits per heavy atom. The standard InChI is InChI=1S/C32H21Cl2F5N2O6S/c1-47-18-7-4-12(9-17(18)42)20-14-5-6-15-19(28(44)40(27(15)43)11-13-3-2-8-48-13)16(14)10-31(33)29(45)41(30(46)32(20,31)34)26-24(38)22(36)21(35)23(37)25(26)39/h2-5,7-9,15-16,19-20,42H,6,10-11H2,1H3. The second kappa shape index (κ2) is 11.0. The minimum absolute atomic E-state index is 0.00204. The molecule has 6 atom stereocenters. The van der Waals surface area contributed by atoms with Crippen LogP contribution in [0.3, 0.4) is 0 Å². The second-order valence-corrected chi connectivity index (χ2v) is 14.2. The van der Waals surface area contributed by atoms with Crippen LogP contribution in [0.2, 0.25) is 0 Å². The molecular formula is C32H21Cl2F5N2O6S. The lowest BCUT2D eigenvalue weighted by Gasteiger charge is -2.50. The van der Waals surface area contributed by atoms with Crippen LogP contribution in [0.4, 0.5) is 27.6 Å². The summed E-state index contributed by atoms with van der Waals surface area (Å²) in [7, 11) is 1.27. The van der Waals surface area contributed by atoms with Crippen molar-refractivity contribution in [1.29, 1.82) is 0 Å². The molecule has 1 saturated carbocycles. The maximum atomic E-state index is 15.2. The number of anilines is 1. The highest BCUT2D eigenvalue weighted by molar-refractivity contribution is 7.09. The van der Waals surface area contributed by atoms with Crippen molar-refractivity contribution in [2.45, 2.75) is 35.1 Å². The zero-order chi connectivity index (χ0) is 34.6. The third kappa shape index (κ3) is 4.11. The summed E-state index contributed by atoms with van der Waals surface area (Å²) >= 11 is 15.5. The number of benzene rings is 2. The summed E-state index contributed by atoms with van der Waals surface area (Å²) in [5.41, 5.74) is -1.54. The number of halogens is 7. The number of rotatable bonds is 5. The van der Waals surface area contributed by atoms with E-state index in [1.54, 1.807) is 23.6 Å². The number of carbonyl (C=O) groups is 4. The van der Waals surface area contributed by atoms with E-state index in [2.05, 4.69) is 0 Å². The first-order chi connectivity index (χ1) is 22.7. The number of thiophene rings is 1. The van der Waals surface area contributed by atoms with Crippen LogP contribution in [0.5, 0.6) is 11.5 Å². The van der Waals surface area contributed by atoms with Gasteiger partial charge in [0.1, 0.15) is 5.69 Å². The molecule has 0 spiro atoms. The van der Waals surface area contributed by atoms with E-state index in [1.165, 1.54) is 30.6 Å². The van der Waals surface area contributed by atoms with Crippen molar-refractivity contribution < 1.29 is 51.0 Å². The molecule has 2 aliphatic carbocycles. The number of phenolic OH excluding ortho intramolecular Hbond substituents is 1. The Kier molecular flexibility index (Phi) is 7.46. The van der Waals surface area contributed by atoms with Crippen molar-refractivity contribution in [3.63, 3.8) is 0 Å². The van der Waals surface area contributed by atoms with Gasteiger partial charge in [-0.3, -0.25) is 24.1 Å². The summed E-state index contributed by atoms with van der Waals surface area (Å²) in [6, 6.07) is 7.35. The van der Waals surface area contributed by atoms with Gasteiger partial charge in [-0.15, -0.1) is 34.5 Å². The Hall–Kier alpha value is -4.01. The molecule has 6 unspecified atom stereocenters. The monoisotopic (exact) mass is 726 g/mol. The molecule has 2 saturated heterocycles. The summed E-state index contributed by atoms with van der Waals surface area (Å²) in [4.78, 5) is 52.3. The molecule has 16 heteroatoms. The lowest BCUT2D eigenvalue weighted by molar-refractivity contribution is -0.141. The molecule has 0 bridgehead atoms. The predicted octanol–water partition coefficient (Wildman–Crippen LogP) is 5.92.